The normalized spacial score (nSPS) is 16.2. The lowest BCUT2D eigenvalue weighted by molar-refractivity contribution is -0.149. The second-order valence-corrected chi connectivity index (χ2v) is 8.01. The number of anilines is 1. The number of phenols is 1. The molecule has 0 aliphatic heterocycles. The molecule has 0 heterocycles. The van der Waals surface area contributed by atoms with Gasteiger partial charge < -0.3 is 14.9 Å². The zero-order valence-corrected chi connectivity index (χ0v) is 17.3. The van der Waals surface area contributed by atoms with E-state index in [-0.39, 0.29) is 35.9 Å². The first-order chi connectivity index (χ1) is 13.6. The molecule has 2 rings (SSSR count). The molecule has 0 saturated heterocycles. The van der Waals surface area contributed by atoms with E-state index in [9.17, 15) is 9.90 Å². The number of aliphatic hydroxyl groups excluding tert-OH is 1. The average molecular weight is 399 g/mol. The van der Waals surface area contributed by atoms with E-state index < -0.39 is 6.10 Å². The molecule has 1 unspecified atom stereocenters. The van der Waals surface area contributed by atoms with E-state index in [4.69, 9.17) is 15.3 Å². The number of hydrogen-bond acceptors (Lipinski definition) is 7. The quantitative estimate of drug-likeness (QED) is 0.243. The molecule has 0 saturated carbocycles. The van der Waals surface area contributed by atoms with Gasteiger partial charge in [0.2, 0.25) is 0 Å². The van der Waals surface area contributed by atoms with Crippen molar-refractivity contribution in [2.24, 2.45) is 5.10 Å². The van der Waals surface area contributed by atoms with Crippen molar-refractivity contribution in [3.05, 3.63) is 47.6 Å². The highest BCUT2D eigenvalue weighted by Crippen LogP contribution is 2.37. The summed E-state index contributed by atoms with van der Waals surface area (Å²) >= 11 is 0. The third-order valence-electron chi connectivity index (χ3n) is 4.39. The van der Waals surface area contributed by atoms with Gasteiger partial charge in [0.05, 0.1) is 18.0 Å². The number of benzene rings is 1. The Labute approximate surface area is 171 Å². The van der Waals surface area contributed by atoms with E-state index in [0.717, 1.165) is 11.1 Å². The van der Waals surface area contributed by atoms with Gasteiger partial charge in [-0.15, -0.1) is 0 Å². The molecule has 1 aliphatic carbocycles. The molecule has 0 bridgehead atoms. The van der Waals surface area contributed by atoms with Crippen molar-refractivity contribution in [2.45, 2.75) is 52.1 Å². The van der Waals surface area contributed by atoms with E-state index in [0.29, 0.717) is 17.8 Å². The Morgan fingerprint density at radius 2 is 1.97 bits per heavy atom. The minimum atomic E-state index is -0.534. The molecule has 1 aliphatic rings. The molecular weight excluding hydrogens is 370 g/mol. The van der Waals surface area contributed by atoms with Gasteiger partial charge in [0.25, 0.3) is 0 Å². The maximum Gasteiger partial charge on any atom is 0.306 e. The smallest absolute Gasteiger partial charge is 0.306 e. The summed E-state index contributed by atoms with van der Waals surface area (Å²) in [5.41, 5.74) is 5.24. The molecular formula is C22H29N3O4. The van der Waals surface area contributed by atoms with Gasteiger partial charge in [-0.2, -0.15) is 5.10 Å². The van der Waals surface area contributed by atoms with Crippen LogP contribution in [0.4, 0.5) is 5.69 Å². The first kappa shape index (κ1) is 22.4. The Morgan fingerprint density at radius 1 is 1.28 bits per heavy atom. The van der Waals surface area contributed by atoms with Crippen molar-refractivity contribution in [1.29, 1.82) is 5.41 Å². The molecule has 0 spiro atoms. The predicted molar refractivity (Wildman–Crippen MR) is 115 cm³/mol. The van der Waals surface area contributed by atoms with E-state index in [1.807, 2.05) is 26.8 Å². The molecule has 0 fully saturated rings. The van der Waals surface area contributed by atoms with Crippen molar-refractivity contribution in [1.82, 2.24) is 0 Å². The van der Waals surface area contributed by atoms with Gasteiger partial charge in [-0.05, 0) is 42.5 Å². The van der Waals surface area contributed by atoms with Crippen LogP contribution in [0, 0.1) is 5.41 Å². The lowest BCUT2D eigenvalue weighted by Gasteiger charge is -2.23. The fourth-order valence-corrected chi connectivity index (χ4v) is 2.75. The molecule has 1 aromatic rings. The summed E-state index contributed by atoms with van der Waals surface area (Å²) in [5.74, 6) is -0.303. The molecule has 7 heteroatoms. The fourth-order valence-electron chi connectivity index (χ4n) is 2.75. The highest BCUT2D eigenvalue weighted by Gasteiger charge is 2.22. The summed E-state index contributed by atoms with van der Waals surface area (Å²) in [6.07, 6.45) is 6.93. The Kier molecular flexibility index (Phi) is 7.34. The molecule has 29 heavy (non-hydrogen) atoms. The lowest BCUT2D eigenvalue weighted by atomic mass is 9.84. The van der Waals surface area contributed by atoms with Gasteiger partial charge >= 0.3 is 5.97 Å². The Morgan fingerprint density at radius 3 is 2.59 bits per heavy atom. The molecule has 0 radical (unpaired) electrons. The van der Waals surface area contributed by atoms with E-state index in [1.165, 1.54) is 0 Å². The van der Waals surface area contributed by atoms with Crippen LogP contribution in [0.1, 0.15) is 45.2 Å². The second kappa shape index (κ2) is 9.52. The number of hydrogen-bond donors (Lipinski definition) is 4. The molecule has 4 N–H and O–H groups in total. The van der Waals surface area contributed by atoms with E-state index in [2.05, 4.69) is 10.5 Å². The molecule has 1 atom stereocenters. The Bertz CT molecular complexity index is 864. The van der Waals surface area contributed by atoms with Crippen LogP contribution in [-0.2, 0) is 21.4 Å². The van der Waals surface area contributed by atoms with Crippen LogP contribution in [0.5, 0.6) is 5.75 Å². The molecule has 1 aromatic carbocycles. The number of hydrazone groups is 1. The zero-order valence-electron chi connectivity index (χ0n) is 17.3. The number of rotatable bonds is 7. The van der Waals surface area contributed by atoms with Gasteiger partial charge in [0.1, 0.15) is 17.6 Å². The van der Waals surface area contributed by atoms with Crippen LogP contribution in [0.3, 0.4) is 0 Å². The second-order valence-electron chi connectivity index (χ2n) is 8.01. The van der Waals surface area contributed by atoms with E-state index in [1.54, 1.807) is 37.3 Å². The number of aromatic hydroxyl groups is 1. The topological polar surface area (TPSA) is 115 Å². The van der Waals surface area contributed by atoms with Gasteiger partial charge in [-0.3, -0.25) is 15.6 Å². The summed E-state index contributed by atoms with van der Waals surface area (Å²) in [4.78, 5) is 11.9. The molecule has 0 aromatic heterocycles. The minimum absolute atomic E-state index is 0.0870. The van der Waals surface area contributed by atoms with Crippen LogP contribution >= 0.6 is 0 Å². The number of nitrogens with zero attached hydrogens (tertiary/aromatic N) is 1. The van der Waals surface area contributed by atoms with Crippen LogP contribution in [0.15, 0.2) is 41.5 Å². The highest BCUT2D eigenvalue weighted by molar-refractivity contribution is 6.50. The maximum atomic E-state index is 11.9. The Balaban J connectivity index is 2.26. The number of esters is 1. The SMILES string of the molecule is CC(CO)OC(=O)CCc1cc(N/N=C2/C=CC=CC2=N)c(O)c(C(C)(C)C)c1. The lowest BCUT2D eigenvalue weighted by Crippen LogP contribution is -2.18. The third-order valence-corrected chi connectivity index (χ3v) is 4.39. The summed E-state index contributed by atoms with van der Waals surface area (Å²) in [5, 5.41) is 31.9. The average Bonchev–Trinajstić information content (AvgIpc) is 2.66. The number of phenolic OH excluding ortho intramolecular Hbond substituents is 1. The van der Waals surface area contributed by atoms with Gasteiger partial charge in [-0.25, -0.2) is 0 Å². The van der Waals surface area contributed by atoms with Crippen LogP contribution in [0.2, 0.25) is 0 Å². The van der Waals surface area contributed by atoms with Gasteiger partial charge in [-0.1, -0.05) is 39.0 Å². The summed E-state index contributed by atoms with van der Waals surface area (Å²) in [7, 11) is 0. The summed E-state index contributed by atoms with van der Waals surface area (Å²) < 4.78 is 5.10. The van der Waals surface area contributed by atoms with Crippen molar-refractivity contribution < 1.29 is 19.7 Å². The zero-order chi connectivity index (χ0) is 21.6. The molecule has 0 amide bonds. The van der Waals surface area contributed by atoms with Crippen LogP contribution in [0.25, 0.3) is 0 Å². The number of aryl methyl sites for hydroxylation is 1. The highest BCUT2D eigenvalue weighted by atomic mass is 16.5. The number of carbonyl (C=O) groups is 1. The van der Waals surface area contributed by atoms with Crippen molar-refractivity contribution >= 4 is 23.1 Å². The number of nitrogens with one attached hydrogen (secondary N) is 2. The monoisotopic (exact) mass is 399 g/mol. The number of carbonyl (C=O) groups excluding carboxylic acids is 1. The summed E-state index contributed by atoms with van der Waals surface area (Å²) in [6, 6.07) is 3.62. The third kappa shape index (κ3) is 6.29. The van der Waals surface area contributed by atoms with Crippen molar-refractivity contribution in [3.8, 4) is 5.75 Å². The van der Waals surface area contributed by atoms with Crippen molar-refractivity contribution in [2.75, 3.05) is 12.0 Å². The fraction of sp³-hybridized carbons (Fsp3) is 0.409. The molecule has 7 nitrogen and oxygen atoms in total. The predicted octanol–water partition coefficient (Wildman–Crippen LogP) is 3.46. The number of allylic oxidation sites excluding steroid dienone is 4. The maximum absolute atomic E-state index is 11.9. The first-order valence-electron chi connectivity index (χ1n) is 9.56. The van der Waals surface area contributed by atoms with Crippen LogP contribution in [-0.4, -0.2) is 40.3 Å². The standard InChI is InChI=1S/C22H29N3O4/c1-14(13-26)29-20(27)10-9-15-11-16(22(2,3)4)21(28)19(12-15)25-24-18-8-6-5-7-17(18)23/h5-8,11-12,14,23,25-26,28H,9-10,13H2,1-4H3/b23-17?,24-18-. The van der Waals surface area contributed by atoms with Crippen molar-refractivity contribution in [3.63, 3.8) is 0 Å². The van der Waals surface area contributed by atoms with Crippen LogP contribution < -0.4 is 5.43 Å². The van der Waals surface area contributed by atoms with Gasteiger partial charge in [0, 0.05) is 12.0 Å². The van der Waals surface area contributed by atoms with Gasteiger partial charge in [0.15, 0.2) is 0 Å². The Hall–Kier alpha value is -2.93. The number of ether oxygens (including phenoxy) is 1. The first-order valence-corrected chi connectivity index (χ1v) is 9.56. The minimum Gasteiger partial charge on any atom is -0.505 e. The molecule has 156 valence electrons. The van der Waals surface area contributed by atoms with E-state index >= 15 is 0 Å². The number of aliphatic hydroxyl groups is 1. The largest absolute Gasteiger partial charge is 0.505 e. The summed E-state index contributed by atoms with van der Waals surface area (Å²) in [6.45, 7) is 7.38.